The number of ketones is 1. The van der Waals surface area contributed by atoms with Crippen LogP contribution < -0.4 is 0 Å². The third-order valence-corrected chi connectivity index (χ3v) is 9.50. The molecule has 4 aliphatic carbocycles. The number of aliphatic hydroxyl groups is 2. The molecule has 1 spiro atoms. The molecule has 4 rings (SSSR count). The van der Waals surface area contributed by atoms with Crippen molar-refractivity contribution in [3.8, 4) is 0 Å². The molecule has 0 aromatic carbocycles. The molecule has 0 saturated heterocycles. The fourth-order valence-corrected chi connectivity index (χ4v) is 8.45. The molecule has 4 saturated carbocycles. The summed E-state index contributed by atoms with van der Waals surface area (Å²) in [5, 5.41) is 21.0. The van der Waals surface area contributed by atoms with E-state index in [0.29, 0.717) is 18.8 Å². The van der Waals surface area contributed by atoms with Crippen LogP contribution in [0.1, 0.15) is 79.6 Å². The topological polar surface area (TPSA) is 83.8 Å². The van der Waals surface area contributed by atoms with Crippen molar-refractivity contribution in [3.63, 3.8) is 0 Å². The molecule has 7 atom stereocenters. The maximum Gasteiger partial charge on any atom is 0.331 e. The molecule has 30 heavy (non-hydrogen) atoms. The summed E-state index contributed by atoms with van der Waals surface area (Å²) in [6.45, 7) is 9.88. The van der Waals surface area contributed by atoms with E-state index in [9.17, 15) is 19.8 Å². The molecule has 0 radical (unpaired) electrons. The maximum atomic E-state index is 13.4. The predicted octanol–water partition coefficient (Wildman–Crippen LogP) is 3.81. The number of carbonyl (C=O) groups is 2. The summed E-state index contributed by atoms with van der Waals surface area (Å²) in [6, 6.07) is 0. The van der Waals surface area contributed by atoms with Gasteiger partial charge in [-0.15, -0.1) is 0 Å². The Bertz CT molecular complexity index is 780. The number of ether oxygens (including phenoxy) is 1. The molecule has 0 amide bonds. The highest BCUT2D eigenvalue weighted by molar-refractivity contribution is 5.93. The lowest BCUT2D eigenvalue weighted by atomic mass is 9.40. The molecule has 4 aliphatic rings. The van der Waals surface area contributed by atoms with Crippen LogP contribution in [0.5, 0.6) is 0 Å². The molecule has 5 nitrogen and oxygen atoms in total. The number of carbonyl (C=O) groups excluding carboxylic acids is 2. The van der Waals surface area contributed by atoms with Crippen molar-refractivity contribution in [1.82, 2.24) is 0 Å². The zero-order chi connectivity index (χ0) is 22.1. The Morgan fingerprint density at radius 1 is 1.13 bits per heavy atom. The van der Waals surface area contributed by atoms with E-state index in [1.165, 1.54) is 6.08 Å². The zero-order valence-electron chi connectivity index (χ0n) is 19.2. The van der Waals surface area contributed by atoms with E-state index < -0.39 is 23.1 Å². The van der Waals surface area contributed by atoms with Gasteiger partial charge in [0.1, 0.15) is 0 Å². The predicted molar refractivity (Wildman–Crippen MR) is 113 cm³/mol. The number of hydrogen-bond acceptors (Lipinski definition) is 5. The molecule has 5 heteroatoms. The summed E-state index contributed by atoms with van der Waals surface area (Å²) in [6.07, 6.45) is 6.83. The van der Waals surface area contributed by atoms with Crippen LogP contribution >= 0.6 is 0 Å². The first-order chi connectivity index (χ1) is 13.9. The Labute approximate surface area is 180 Å². The zero-order valence-corrected chi connectivity index (χ0v) is 19.2. The van der Waals surface area contributed by atoms with Crippen LogP contribution in [0.4, 0.5) is 0 Å². The van der Waals surface area contributed by atoms with Gasteiger partial charge in [0.2, 0.25) is 0 Å². The lowest BCUT2D eigenvalue weighted by Crippen LogP contribution is -2.62. The van der Waals surface area contributed by atoms with Gasteiger partial charge in [-0.3, -0.25) is 4.79 Å². The first-order valence-electron chi connectivity index (χ1n) is 11.6. The average molecular weight is 419 g/mol. The van der Waals surface area contributed by atoms with Crippen LogP contribution in [0.3, 0.4) is 0 Å². The Morgan fingerprint density at radius 3 is 2.47 bits per heavy atom. The quantitative estimate of drug-likeness (QED) is 0.538. The third-order valence-electron chi connectivity index (χ3n) is 9.50. The first-order valence-corrected chi connectivity index (χ1v) is 11.6. The van der Waals surface area contributed by atoms with Crippen LogP contribution in [0.2, 0.25) is 0 Å². The van der Waals surface area contributed by atoms with Crippen molar-refractivity contribution in [2.75, 3.05) is 6.61 Å². The Hall–Kier alpha value is -1.20. The molecular formula is C25H38O5. The van der Waals surface area contributed by atoms with Gasteiger partial charge >= 0.3 is 5.97 Å². The summed E-state index contributed by atoms with van der Waals surface area (Å²) in [7, 11) is 0. The normalized spacial score (nSPS) is 46.6. The van der Waals surface area contributed by atoms with Crippen LogP contribution in [0.25, 0.3) is 0 Å². The molecule has 0 unspecified atom stereocenters. The van der Waals surface area contributed by atoms with E-state index in [-0.39, 0.29) is 35.1 Å². The lowest BCUT2D eigenvalue weighted by Gasteiger charge is -2.64. The molecule has 0 aromatic rings. The number of rotatable bonds is 3. The summed E-state index contributed by atoms with van der Waals surface area (Å²) >= 11 is 0. The van der Waals surface area contributed by atoms with Crippen molar-refractivity contribution in [2.24, 2.45) is 34.0 Å². The van der Waals surface area contributed by atoms with Crippen molar-refractivity contribution < 1.29 is 24.5 Å². The second-order valence-electron chi connectivity index (χ2n) is 11.9. The standard InChI is InChI=1S/C25H38O5/c1-15(2)10-20(27)30-17-12-23(5)18(22(3,4)21(17)28)8-9-24-11-16(6-7-19(23)24)25(29,13-24)14-26/h10,16-19,26,29H,6-9,11-14H2,1-5H3/t16-,17-,18-,19+,23+,24+,25+/m1/s1. The van der Waals surface area contributed by atoms with Crippen LogP contribution in [-0.4, -0.2) is 40.3 Å². The summed E-state index contributed by atoms with van der Waals surface area (Å²) in [4.78, 5) is 25.7. The monoisotopic (exact) mass is 418 g/mol. The Morgan fingerprint density at radius 2 is 1.83 bits per heavy atom. The number of fused-ring (bicyclic) bond motifs is 3. The maximum absolute atomic E-state index is 13.4. The van der Waals surface area contributed by atoms with Crippen molar-refractivity contribution in [2.45, 2.75) is 91.3 Å². The molecule has 0 aliphatic heterocycles. The second-order valence-corrected chi connectivity index (χ2v) is 11.9. The smallest absolute Gasteiger partial charge is 0.331 e. The SMILES string of the molecule is CC(C)=CC(=O)O[C@@H]1C[C@@]2(C)[C@H](CC[C@@]34C[C@@H](CC[C@H]32)[C@@](O)(CO)C4)C(C)(C)C1=O. The summed E-state index contributed by atoms with van der Waals surface area (Å²) in [5.74, 6) is 0.395. The molecule has 0 aromatic heterocycles. The van der Waals surface area contributed by atoms with Gasteiger partial charge < -0.3 is 14.9 Å². The molecule has 2 N–H and O–H groups in total. The van der Waals surface area contributed by atoms with Crippen LogP contribution in [-0.2, 0) is 14.3 Å². The van der Waals surface area contributed by atoms with Gasteiger partial charge in [-0.25, -0.2) is 4.79 Å². The molecule has 4 fully saturated rings. The van der Waals surface area contributed by atoms with E-state index in [1.54, 1.807) is 0 Å². The largest absolute Gasteiger partial charge is 0.451 e. The highest BCUT2D eigenvalue weighted by Gasteiger charge is 2.69. The Kier molecular flexibility index (Phi) is 5.06. The van der Waals surface area contributed by atoms with Gasteiger partial charge in [0.05, 0.1) is 12.2 Å². The van der Waals surface area contributed by atoms with E-state index >= 15 is 0 Å². The molecular weight excluding hydrogens is 380 g/mol. The highest BCUT2D eigenvalue weighted by atomic mass is 16.5. The van der Waals surface area contributed by atoms with Gasteiger partial charge in [-0.2, -0.15) is 0 Å². The molecule has 2 bridgehead atoms. The number of hydrogen-bond donors (Lipinski definition) is 2. The minimum absolute atomic E-state index is 0.0244. The summed E-state index contributed by atoms with van der Waals surface area (Å²) in [5.41, 5.74) is -0.759. The van der Waals surface area contributed by atoms with Crippen molar-refractivity contribution >= 4 is 11.8 Å². The number of aliphatic hydroxyl groups excluding tert-OH is 1. The van der Waals surface area contributed by atoms with Crippen molar-refractivity contribution in [3.05, 3.63) is 11.6 Å². The van der Waals surface area contributed by atoms with E-state index in [2.05, 4.69) is 6.92 Å². The molecule has 168 valence electrons. The fourth-order valence-electron chi connectivity index (χ4n) is 8.45. The number of Topliss-reactive ketones (excluding diaryl/α,β-unsaturated/α-hetero) is 1. The third kappa shape index (κ3) is 3.02. The van der Waals surface area contributed by atoms with Gasteiger partial charge in [0.15, 0.2) is 11.9 Å². The average Bonchev–Trinajstić information content (AvgIpc) is 2.85. The second kappa shape index (κ2) is 6.90. The lowest BCUT2D eigenvalue weighted by molar-refractivity contribution is -0.190. The Balaban J connectivity index is 1.68. The van der Waals surface area contributed by atoms with Crippen LogP contribution in [0.15, 0.2) is 11.6 Å². The van der Waals surface area contributed by atoms with E-state index in [1.807, 2.05) is 27.7 Å². The van der Waals surface area contributed by atoms with Gasteiger partial charge in [0, 0.05) is 11.5 Å². The van der Waals surface area contributed by atoms with Gasteiger partial charge in [-0.05, 0) is 87.4 Å². The van der Waals surface area contributed by atoms with Gasteiger partial charge in [0.25, 0.3) is 0 Å². The van der Waals surface area contributed by atoms with E-state index in [0.717, 1.165) is 37.7 Å². The number of allylic oxidation sites excluding steroid dienone is 1. The number of esters is 1. The van der Waals surface area contributed by atoms with Crippen molar-refractivity contribution in [1.29, 1.82) is 0 Å². The summed E-state index contributed by atoms with van der Waals surface area (Å²) < 4.78 is 5.73. The highest BCUT2D eigenvalue weighted by Crippen LogP contribution is 2.72. The minimum Gasteiger partial charge on any atom is -0.451 e. The van der Waals surface area contributed by atoms with E-state index in [4.69, 9.17) is 4.74 Å². The molecule has 0 heterocycles. The van der Waals surface area contributed by atoms with Crippen LogP contribution in [0, 0.1) is 34.0 Å². The fraction of sp³-hybridized carbons (Fsp3) is 0.840. The first kappa shape index (κ1) is 22.0. The minimum atomic E-state index is -0.965. The van der Waals surface area contributed by atoms with Gasteiger partial charge in [-0.1, -0.05) is 26.3 Å².